The third kappa shape index (κ3) is 3.44. The number of rotatable bonds is 4. The second-order valence-corrected chi connectivity index (χ2v) is 10.7. The maximum Gasteiger partial charge on any atom is 0.243 e. The van der Waals surface area contributed by atoms with E-state index in [2.05, 4.69) is 13.8 Å². The SMILES string of the molecule is CC[C@@H](C)c1ccc(S(=O)(=O)N2CC[S@@](=O)C(C)(C)C2)cc1. The highest BCUT2D eigenvalue weighted by Gasteiger charge is 2.38. The van der Waals surface area contributed by atoms with E-state index in [1.807, 2.05) is 26.0 Å². The van der Waals surface area contributed by atoms with Crippen molar-refractivity contribution >= 4 is 20.8 Å². The van der Waals surface area contributed by atoms with Crippen molar-refractivity contribution in [2.45, 2.75) is 49.7 Å². The minimum atomic E-state index is -3.51. The Hall–Kier alpha value is -0.720. The summed E-state index contributed by atoms with van der Waals surface area (Å²) in [5.74, 6) is 0.824. The van der Waals surface area contributed by atoms with Gasteiger partial charge in [0.15, 0.2) is 0 Å². The van der Waals surface area contributed by atoms with Crippen molar-refractivity contribution in [3.63, 3.8) is 0 Å². The zero-order valence-corrected chi connectivity index (χ0v) is 15.3. The van der Waals surface area contributed by atoms with Crippen molar-refractivity contribution < 1.29 is 12.6 Å². The fraction of sp³-hybridized carbons (Fsp3) is 0.625. The third-order valence-electron chi connectivity index (χ3n) is 4.40. The first-order valence-electron chi connectivity index (χ1n) is 7.67. The molecule has 1 fully saturated rings. The zero-order valence-electron chi connectivity index (χ0n) is 13.7. The molecule has 0 spiro atoms. The van der Waals surface area contributed by atoms with Crippen LogP contribution in [-0.2, 0) is 20.8 Å². The molecule has 1 saturated heterocycles. The Morgan fingerprint density at radius 2 is 1.86 bits per heavy atom. The van der Waals surface area contributed by atoms with Crippen LogP contribution in [0.5, 0.6) is 0 Å². The van der Waals surface area contributed by atoms with E-state index in [4.69, 9.17) is 0 Å². The first kappa shape index (κ1) is 17.6. The topological polar surface area (TPSA) is 54.5 Å². The van der Waals surface area contributed by atoms with Crippen LogP contribution in [0.1, 0.15) is 45.6 Å². The molecule has 0 amide bonds. The predicted octanol–water partition coefficient (Wildman–Crippen LogP) is 2.73. The van der Waals surface area contributed by atoms with Crippen LogP contribution in [0.3, 0.4) is 0 Å². The fourth-order valence-electron chi connectivity index (χ4n) is 2.60. The molecule has 2 rings (SSSR count). The maximum absolute atomic E-state index is 12.8. The first-order chi connectivity index (χ1) is 10.2. The summed E-state index contributed by atoms with van der Waals surface area (Å²) in [4.78, 5) is 0.322. The molecule has 0 N–H and O–H groups in total. The summed E-state index contributed by atoms with van der Waals surface area (Å²) in [5.41, 5.74) is 1.15. The van der Waals surface area contributed by atoms with E-state index in [0.29, 0.717) is 29.7 Å². The Morgan fingerprint density at radius 3 is 2.36 bits per heavy atom. The first-order valence-corrected chi connectivity index (χ1v) is 10.4. The number of sulfonamides is 1. The largest absolute Gasteiger partial charge is 0.259 e. The van der Waals surface area contributed by atoms with Gasteiger partial charge >= 0.3 is 0 Å². The molecule has 124 valence electrons. The minimum absolute atomic E-state index is 0.301. The van der Waals surface area contributed by atoms with Crippen molar-refractivity contribution in [1.29, 1.82) is 0 Å². The van der Waals surface area contributed by atoms with E-state index < -0.39 is 25.6 Å². The van der Waals surface area contributed by atoms with Crippen LogP contribution in [0.25, 0.3) is 0 Å². The molecule has 1 aromatic rings. The van der Waals surface area contributed by atoms with Gasteiger partial charge in [-0.05, 0) is 43.9 Å². The maximum atomic E-state index is 12.8. The number of benzene rings is 1. The molecule has 1 aliphatic heterocycles. The van der Waals surface area contributed by atoms with Crippen molar-refractivity contribution in [1.82, 2.24) is 4.31 Å². The molecule has 6 heteroatoms. The van der Waals surface area contributed by atoms with Crippen molar-refractivity contribution in [2.75, 3.05) is 18.8 Å². The number of hydrogen-bond acceptors (Lipinski definition) is 3. The highest BCUT2D eigenvalue weighted by atomic mass is 32.2. The van der Waals surface area contributed by atoms with Gasteiger partial charge in [0.25, 0.3) is 0 Å². The molecule has 1 aromatic carbocycles. The van der Waals surface area contributed by atoms with Crippen molar-refractivity contribution in [2.24, 2.45) is 0 Å². The van der Waals surface area contributed by atoms with Crippen LogP contribution < -0.4 is 0 Å². The van der Waals surface area contributed by atoms with Crippen LogP contribution in [0.4, 0.5) is 0 Å². The van der Waals surface area contributed by atoms with Crippen molar-refractivity contribution in [3.8, 4) is 0 Å². The zero-order chi connectivity index (χ0) is 16.5. The molecular weight excluding hydrogens is 318 g/mol. The molecule has 22 heavy (non-hydrogen) atoms. The summed E-state index contributed by atoms with van der Waals surface area (Å²) in [6.45, 7) is 8.59. The second-order valence-electron chi connectivity index (χ2n) is 6.53. The van der Waals surface area contributed by atoms with Gasteiger partial charge in [0.05, 0.1) is 9.64 Å². The van der Waals surface area contributed by atoms with Gasteiger partial charge in [-0.15, -0.1) is 0 Å². The number of nitrogens with zero attached hydrogens (tertiary/aromatic N) is 1. The molecule has 0 radical (unpaired) electrons. The molecule has 0 saturated carbocycles. The lowest BCUT2D eigenvalue weighted by Crippen LogP contribution is -2.51. The smallest absolute Gasteiger partial charge is 0.243 e. The standard InChI is InChI=1S/C16H25NO3S2/c1-5-13(2)14-6-8-15(9-7-14)22(19,20)17-10-11-21(18)16(3,4)12-17/h6-9,13H,5,10-12H2,1-4H3/t13-,21-/m1/s1. The van der Waals surface area contributed by atoms with Gasteiger partial charge < -0.3 is 0 Å². The highest BCUT2D eigenvalue weighted by Crippen LogP contribution is 2.27. The van der Waals surface area contributed by atoms with E-state index in [-0.39, 0.29) is 0 Å². The molecular formula is C16H25NO3S2. The van der Waals surface area contributed by atoms with Gasteiger partial charge in [-0.1, -0.05) is 26.0 Å². The molecule has 4 nitrogen and oxygen atoms in total. The van der Waals surface area contributed by atoms with E-state index >= 15 is 0 Å². The Labute approximate surface area is 136 Å². The van der Waals surface area contributed by atoms with Crippen molar-refractivity contribution in [3.05, 3.63) is 29.8 Å². The lowest BCUT2D eigenvalue weighted by molar-refractivity contribution is 0.378. The highest BCUT2D eigenvalue weighted by molar-refractivity contribution is 7.89. The van der Waals surface area contributed by atoms with E-state index in [1.165, 1.54) is 4.31 Å². The monoisotopic (exact) mass is 343 g/mol. The van der Waals surface area contributed by atoms with Crippen LogP contribution in [0, 0.1) is 0 Å². The van der Waals surface area contributed by atoms with Gasteiger partial charge in [0.2, 0.25) is 10.0 Å². The molecule has 1 aliphatic rings. The summed E-state index contributed by atoms with van der Waals surface area (Å²) in [6, 6.07) is 7.17. The Balaban J connectivity index is 2.25. The van der Waals surface area contributed by atoms with Gasteiger partial charge in [-0.3, -0.25) is 4.21 Å². The van der Waals surface area contributed by atoms with Crippen LogP contribution in [0.2, 0.25) is 0 Å². The van der Waals surface area contributed by atoms with E-state index in [1.54, 1.807) is 12.1 Å². The predicted molar refractivity (Wildman–Crippen MR) is 91.0 cm³/mol. The van der Waals surface area contributed by atoms with E-state index in [0.717, 1.165) is 12.0 Å². The molecule has 0 aliphatic carbocycles. The summed E-state index contributed by atoms with van der Waals surface area (Å²) in [7, 11) is -4.49. The van der Waals surface area contributed by atoms with Crippen LogP contribution in [0.15, 0.2) is 29.2 Å². The Morgan fingerprint density at radius 1 is 1.27 bits per heavy atom. The molecule has 0 bridgehead atoms. The quantitative estimate of drug-likeness (QED) is 0.845. The Bertz CT molecular complexity index is 650. The average molecular weight is 344 g/mol. The van der Waals surface area contributed by atoms with Gasteiger partial charge in [0, 0.05) is 29.6 Å². The second kappa shape index (κ2) is 6.42. The molecule has 1 heterocycles. The molecule has 0 unspecified atom stereocenters. The van der Waals surface area contributed by atoms with E-state index in [9.17, 15) is 12.6 Å². The minimum Gasteiger partial charge on any atom is -0.259 e. The van der Waals surface area contributed by atoms with Gasteiger partial charge in [0.1, 0.15) is 0 Å². The van der Waals surface area contributed by atoms with Gasteiger partial charge in [-0.2, -0.15) is 4.31 Å². The summed E-state index contributed by atoms with van der Waals surface area (Å²) in [6.07, 6.45) is 1.03. The molecule has 2 atom stereocenters. The average Bonchev–Trinajstić information content (AvgIpc) is 2.49. The molecule has 0 aromatic heterocycles. The fourth-order valence-corrected chi connectivity index (χ4v) is 5.63. The van der Waals surface area contributed by atoms with Gasteiger partial charge in [-0.25, -0.2) is 8.42 Å². The normalized spacial score (nSPS) is 24.1. The summed E-state index contributed by atoms with van der Waals surface area (Å²) in [5, 5.41) is 0. The lowest BCUT2D eigenvalue weighted by Gasteiger charge is -2.36. The number of hydrogen-bond donors (Lipinski definition) is 0. The lowest BCUT2D eigenvalue weighted by atomic mass is 9.99. The summed E-state index contributed by atoms with van der Waals surface area (Å²) >= 11 is 0. The van der Waals surface area contributed by atoms with Crippen LogP contribution >= 0.6 is 0 Å². The third-order valence-corrected chi connectivity index (χ3v) is 8.17. The summed E-state index contributed by atoms with van der Waals surface area (Å²) < 4.78 is 38.5. The Kier molecular flexibility index (Phi) is 5.14. The van der Waals surface area contributed by atoms with Crippen LogP contribution in [-0.4, -0.2) is 40.5 Å².